The smallest absolute Gasteiger partial charge is 0.128 e. The Balaban J connectivity index is 3.10. The first-order valence-electron chi connectivity index (χ1n) is 4.08. The Kier molecular flexibility index (Phi) is 2.83. The lowest BCUT2D eigenvalue weighted by atomic mass is 10.1. The number of nitrogens with zero attached hydrogens (tertiary/aromatic N) is 2. The quantitative estimate of drug-likeness (QED) is 0.701. The summed E-state index contributed by atoms with van der Waals surface area (Å²) in [5.74, 6) is 0.358. The van der Waals surface area contributed by atoms with Crippen LogP contribution in [0.5, 0.6) is 0 Å². The largest absolute Gasteiger partial charge is 0.245 e. The first kappa shape index (κ1) is 9.21. The van der Waals surface area contributed by atoms with Crippen LogP contribution in [0, 0.1) is 11.3 Å². The topological polar surface area (TPSA) is 36.7 Å². The van der Waals surface area contributed by atoms with Crippen molar-refractivity contribution in [2.45, 2.75) is 33.1 Å². The average Bonchev–Trinajstić information content (AvgIpc) is 2.47. The predicted octanol–water partition coefficient (Wildman–Crippen LogP) is 2.70. The van der Waals surface area contributed by atoms with Gasteiger partial charge in [-0.3, -0.25) is 0 Å². The van der Waals surface area contributed by atoms with Crippen molar-refractivity contribution in [1.29, 1.82) is 5.26 Å². The Hall–Kier alpha value is -0.880. The lowest BCUT2D eigenvalue weighted by Crippen LogP contribution is -1.90. The summed E-state index contributed by atoms with van der Waals surface area (Å²) >= 11 is 1.52. The summed E-state index contributed by atoms with van der Waals surface area (Å²) in [5, 5.41) is 9.86. The fourth-order valence-electron chi connectivity index (χ4n) is 1.00. The minimum absolute atomic E-state index is 0.358. The molecule has 0 N–H and O–H groups in total. The van der Waals surface area contributed by atoms with Crippen molar-refractivity contribution in [2.75, 3.05) is 0 Å². The zero-order valence-corrected chi connectivity index (χ0v) is 8.40. The number of hydrogen-bond donors (Lipinski definition) is 0. The van der Waals surface area contributed by atoms with E-state index in [1.165, 1.54) is 11.3 Å². The molecule has 0 amide bonds. The Labute approximate surface area is 76.9 Å². The van der Waals surface area contributed by atoms with Crippen LogP contribution >= 0.6 is 11.3 Å². The van der Waals surface area contributed by atoms with E-state index in [0.29, 0.717) is 5.92 Å². The van der Waals surface area contributed by atoms with Crippen LogP contribution in [0.2, 0.25) is 0 Å². The molecule has 0 atom stereocenters. The summed E-state index contributed by atoms with van der Waals surface area (Å²) in [7, 11) is 0. The average molecular weight is 180 g/mol. The summed E-state index contributed by atoms with van der Waals surface area (Å²) in [5.41, 5.74) is 0.958. The maximum atomic E-state index is 8.80. The van der Waals surface area contributed by atoms with E-state index in [-0.39, 0.29) is 0 Å². The van der Waals surface area contributed by atoms with Crippen molar-refractivity contribution in [3.8, 4) is 6.07 Å². The summed E-state index contributed by atoms with van der Waals surface area (Å²) in [6.45, 7) is 6.19. The van der Waals surface area contributed by atoms with Crippen LogP contribution in [-0.2, 0) is 6.42 Å². The van der Waals surface area contributed by atoms with Crippen molar-refractivity contribution in [1.82, 2.24) is 4.98 Å². The number of aromatic nitrogens is 1. The minimum atomic E-state index is 0.358. The predicted molar refractivity (Wildman–Crippen MR) is 50.3 cm³/mol. The highest BCUT2D eigenvalue weighted by atomic mass is 32.1. The van der Waals surface area contributed by atoms with Gasteiger partial charge in [-0.2, -0.15) is 5.26 Å². The third-order valence-corrected chi connectivity index (χ3v) is 2.77. The summed E-state index contributed by atoms with van der Waals surface area (Å²) in [6, 6.07) is 2.19. The van der Waals surface area contributed by atoms with Gasteiger partial charge in [0.25, 0.3) is 0 Å². The molecule has 0 bridgehead atoms. The maximum Gasteiger partial charge on any atom is 0.128 e. The summed E-state index contributed by atoms with van der Waals surface area (Å²) < 4.78 is 0. The molecule has 0 fully saturated rings. The molecule has 64 valence electrons. The molecular weight excluding hydrogens is 168 g/mol. The van der Waals surface area contributed by atoms with E-state index in [2.05, 4.69) is 31.8 Å². The van der Waals surface area contributed by atoms with Crippen molar-refractivity contribution >= 4 is 11.3 Å². The molecular formula is C9H12N2S. The van der Waals surface area contributed by atoms with Gasteiger partial charge < -0.3 is 0 Å². The van der Waals surface area contributed by atoms with E-state index in [4.69, 9.17) is 5.26 Å². The second-order valence-electron chi connectivity index (χ2n) is 2.94. The highest BCUT2D eigenvalue weighted by molar-refractivity contribution is 7.12. The van der Waals surface area contributed by atoms with E-state index in [1.807, 2.05) is 0 Å². The van der Waals surface area contributed by atoms with Crippen LogP contribution in [0.1, 0.15) is 42.3 Å². The Morgan fingerprint density at radius 1 is 1.58 bits per heavy atom. The van der Waals surface area contributed by atoms with Crippen molar-refractivity contribution in [2.24, 2.45) is 0 Å². The van der Waals surface area contributed by atoms with E-state index in [0.717, 1.165) is 22.0 Å². The number of nitriles is 1. The van der Waals surface area contributed by atoms with Gasteiger partial charge in [0.2, 0.25) is 0 Å². The van der Waals surface area contributed by atoms with Gasteiger partial charge in [-0.15, -0.1) is 11.3 Å². The normalized spacial score (nSPS) is 10.2. The third kappa shape index (κ3) is 1.64. The number of hydrogen-bond acceptors (Lipinski definition) is 3. The van der Waals surface area contributed by atoms with Crippen molar-refractivity contribution in [3.05, 3.63) is 15.6 Å². The molecule has 0 radical (unpaired) electrons. The van der Waals surface area contributed by atoms with Gasteiger partial charge in [-0.25, -0.2) is 4.98 Å². The first-order valence-corrected chi connectivity index (χ1v) is 4.90. The van der Waals surface area contributed by atoms with Crippen LogP contribution < -0.4 is 0 Å². The number of rotatable bonds is 2. The fraction of sp³-hybridized carbons (Fsp3) is 0.556. The lowest BCUT2D eigenvalue weighted by molar-refractivity contribution is 0.820. The van der Waals surface area contributed by atoms with Crippen LogP contribution in [-0.4, -0.2) is 4.98 Å². The van der Waals surface area contributed by atoms with E-state index >= 15 is 0 Å². The van der Waals surface area contributed by atoms with Gasteiger partial charge in [0.05, 0.1) is 10.7 Å². The van der Waals surface area contributed by atoms with Crippen molar-refractivity contribution < 1.29 is 0 Å². The van der Waals surface area contributed by atoms with Crippen molar-refractivity contribution in [3.63, 3.8) is 0 Å². The molecule has 1 aromatic heterocycles. The molecule has 2 nitrogen and oxygen atoms in total. The molecule has 1 heterocycles. The standard InChI is InChI=1S/C9H12N2S/c1-4-8-11-9(6(2)3)7(5-10)12-8/h6H,4H2,1-3H3. The zero-order valence-electron chi connectivity index (χ0n) is 7.59. The number of thiazole rings is 1. The van der Waals surface area contributed by atoms with Gasteiger partial charge in [0, 0.05) is 0 Å². The highest BCUT2D eigenvalue weighted by Crippen LogP contribution is 2.24. The second kappa shape index (κ2) is 3.68. The third-order valence-electron chi connectivity index (χ3n) is 1.65. The molecule has 12 heavy (non-hydrogen) atoms. The first-order chi connectivity index (χ1) is 5.69. The SMILES string of the molecule is CCc1nc(C(C)C)c(C#N)s1. The van der Waals surface area contributed by atoms with Crippen LogP contribution in [0.25, 0.3) is 0 Å². The van der Waals surface area contributed by atoms with Gasteiger partial charge >= 0.3 is 0 Å². The minimum Gasteiger partial charge on any atom is -0.245 e. The van der Waals surface area contributed by atoms with Gasteiger partial charge in [-0.1, -0.05) is 20.8 Å². The highest BCUT2D eigenvalue weighted by Gasteiger charge is 2.12. The van der Waals surface area contributed by atoms with Gasteiger partial charge in [0.1, 0.15) is 10.9 Å². The zero-order chi connectivity index (χ0) is 9.14. The van der Waals surface area contributed by atoms with Crippen LogP contribution in [0.15, 0.2) is 0 Å². The molecule has 3 heteroatoms. The Morgan fingerprint density at radius 3 is 2.58 bits per heavy atom. The molecule has 0 unspecified atom stereocenters. The second-order valence-corrected chi connectivity index (χ2v) is 4.03. The molecule has 0 aromatic carbocycles. The van der Waals surface area contributed by atoms with Crippen LogP contribution in [0.4, 0.5) is 0 Å². The van der Waals surface area contributed by atoms with Crippen LogP contribution in [0.3, 0.4) is 0 Å². The van der Waals surface area contributed by atoms with Gasteiger partial charge in [0.15, 0.2) is 0 Å². The molecule has 0 aliphatic rings. The monoisotopic (exact) mass is 180 g/mol. The molecule has 0 aliphatic carbocycles. The molecule has 1 aromatic rings. The molecule has 0 saturated carbocycles. The molecule has 1 rings (SSSR count). The van der Waals surface area contributed by atoms with E-state index in [1.54, 1.807) is 0 Å². The molecule has 0 spiro atoms. The van der Waals surface area contributed by atoms with E-state index < -0.39 is 0 Å². The molecule has 0 aliphatic heterocycles. The molecule has 0 saturated heterocycles. The Morgan fingerprint density at radius 2 is 2.25 bits per heavy atom. The lowest BCUT2D eigenvalue weighted by Gasteiger charge is -1.97. The van der Waals surface area contributed by atoms with E-state index in [9.17, 15) is 0 Å². The number of aryl methyl sites for hydroxylation is 1. The summed E-state index contributed by atoms with van der Waals surface area (Å²) in [4.78, 5) is 5.17. The van der Waals surface area contributed by atoms with Gasteiger partial charge in [-0.05, 0) is 12.3 Å². The summed E-state index contributed by atoms with van der Waals surface area (Å²) in [6.07, 6.45) is 0.923. The fourth-order valence-corrected chi connectivity index (χ4v) is 1.96. The maximum absolute atomic E-state index is 8.80. The Bertz CT molecular complexity index is 307.